The maximum absolute atomic E-state index is 12.0. The van der Waals surface area contributed by atoms with Gasteiger partial charge in [0.1, 0.15) is 5.76 Å². The lowest BCUT2D eigenvalue weighted by atomic mass is 10.2. The van der Waals surface area contributed by atoms with Gasteiger partial charge in [-0.3, -0.25) is 4.79 Å². The van der Waals surface area contributed by atoms with Gasteiger partial charge in [0.15, 0.2) is 6.61 Å². The van der Waals surface area contributed by atoms with E-state index in [2.05, 4.69) is 0 Å². The van der Waals surface area contributed by atoms with Crippen molar-refractivity contribution in [1.82, 2.24) is 4.90 Å². The van der Waals surface area contributed by atoms with Crippen LogP contribution >= 0.6 is 11.3 Å². The number of rotatable bonds is 7. The first-order valence-electron chi connectivity index (χ1n) is 8.38. The Morgan fingerprint density at radius 2 is 1.93 bits per heavy atom. The molecule has 0 unspecified atom stereocenters. The third kappa shape index (κ3) is 5.43. The number of hydrogen-bond acceptors (Lipinski definition) is 5. The van der Waals surface area contributed by atoms with Crippen LogP contribution < -0.4 is 0 Å². The highest BCUT2D eigenvalue weighted by atomic mass is 32.1. The highest BCUT2D eigenvalue weighted by molar-refractivity contribution is 7.16. The Morgan fingerprint density at radius 1 is 1.11 bits per heavy atom. The number of carbonyl (C=O) groups excluding carboxylic acids is 2. The van der Waals surface area contributed by atoms with Crippen LogP contribution in [0.4, 0.5) is 0 Å². The number of furan rings is 1. The van der Waals surface area contributed by atoms with Crippen molar-refractivity contribution in [2.75, 3.05) is 13.7 Å². The molecule has 1 amide bonds. The summed E-state index contributed by atoms with van der Waals surface area (Å²) in [7, 11) is 1.63. The predicted octanol–water partition coefficient (Wildman–Crippen LogP) is 4.22. The zero-order valence-electron chi connectivity index (χ0n) is 14.8. The van der Waals surface area contributed by atoms with Crippen LogP contribution in [0.2, 0.25) is 0 Å². The summed E-state index contributed by atoms with van der Waals surface area (Å²) in [5, 5.41) is 0. The van der Waals surface area contributed by atoms with Crippen LogP contribution in [0.3, 0.4) is 0 Å². The van der Waals surface area contributed by atoms with Crippen molar-refractivity contribution in [1.29, 1.82) is 0 Å². The number of benzene rings is 1. The van der Waals surface area contributed by atoms with Crippen molar-refractivity contribution in [2.24, 2.45) is 0 Å². The molecule has 0 aliphatic heterocycles. The van der Waals surface area contributed by atoms with E-state index in [0.29, 0.717) is 12.3 Å². The molecule has 0 fully saturated rings. The first-order valence-corrected chi connectivity index (χ1v) is 9.20. The Labute approximate surface area is 161 Å². The van der Waals surface area contributed by atoms with E-state index in [1.54, 1.807) is 42.9 Å². The summed E-state index contributed by atoms with van der Waals surface area (Å²) >= 11 is 1.58. The van der Waals surface area contributed by atoms with E-state index < -0.39 is 5.97 Å². The maximum Gasteiger partial charge on any atom is 0.331 e. The van der Waals surface area contributed by atoms with Crippen LogP contribution in [-0.4, -0.2) is 30.4 Å². The second-order valence-corrected chi connectivity index (χ2v) is 6.95. The molecule has 0 N–H and O–H groups in total. The van der Waals surface area contributed by atoms with Crippen molar-refractivity contribution >= 4 is 29.3 Å². The van der Waals surface area contributed by atoms with Gasteiger partial charge in [-0.15, -0.1) is 11.3 Å². The molecule has 1 aromatic carbocycles. The Morgan fingerprint density at radius 3 is 2.67 bits per heavy atom. The molecule has 0 saturated carbocycles. The number of carbonyl (C=O) groups is 2. The Bertz CT molecular complexity index is 913. The van der Waals surface area contributed by atoms with Crippen molar-refractivity contribution in [2.45, 2.75) is 6.54 Å². The quantitative estimate of drug-likeness (QED) is 0.454. The summed E-state index contributed by atoms with van der Waals surface area (Å²) in [6.45, 7) is 0.0246. The van der Waals surface area contributed by atoms with E-state index in [4.69, 9.17) is 9.15 Å². The fourth-order valence-corrected chi connectivity index (χ4v) is 3.28. The number of hydrogen-bond donors (Lipinski definition) is 0. The largest absolute Gasteiger partial charge is 0.467 e. The van der Waals surface area contributed by atoms with Gasteiger partial charge in [-0.25, -0.2) is 4.79 Å². The molecular formula is C21H19NO4S. The highest BCUT2D eigenvalue weighted by Gasteiger charge is 2.12. The number of likely N-dealkylation sites (N-methyl/N-ethyl adjacent to an activating group) is 1. The van der Waals surface area contributed by atoms with E-state index in [1.807, 2.05) is 42.5 Å². The van der Waals surface area contributed by atoms with Gasteiger partial charge in [0.25, 0.3) is 5.91 Å². The normalized spacial score (nSPS) is 10.9. The molecule has 2 heterocycles. The SMILES string of the molecule is CN(Cc1ccco1)C(=O)COC(=O)/C=C/c1ccc(-c2ccccc2)s1. The fourth-order valence-electron chi connectivity index (χ4n) is 2.37. The number of esters is 1. The molecule has 0 aliphatic rings. The van der Waals surface area contributed by atoms with Crippen LogP contribution in [0, 0.1) is 0 Å². The minimum Gasteiger partial charge on any atom is -0.467 e. The van der Waals surface area contributed by atoms with E-state index >= 15 is 0 Å². The zero-order valence-corrected chi connectivity index (χ0v) is 15.6. The average molecular weight is 381 g/mol. The molecule has 0 saturated heterocycles. The molecule has 138 valence electrons. The second-order valence-electron chi connectivity index (χ2n) is 5.84. The molecule has 3 aromatic rings. The van der Waals surface area contributed by atoms with Crippen LogP contribution in [0.5, 0.6) is 0 Å². The minimum atomic E-state index is -0.551. The molecular weight excluding hydrogens is 362 g/mol. The molecule has 0 aliphatic carbocycles. The van der Waals surface area contributed by atoms with Crippen molar-refractivity contribution in [3.63, 3.8) is 0 Å². The van der Waals surface area contributed by atoms with Crippen LogP contribution in [-0.2, 0) is 20.9 Å². The van der Waals surface area contributed by atoms with E-state index in [0.717, 1.165) is 15.3 Å². The third-order valence-corrected chi connectivity index (χ3v) is 4.91. The van der Waals surface area contributed by atoms with Crippen LogP contribution in [0.15, 0.2) is 71.4 Å². The Kier molecular flexibility index (Phi) is 6.22. The first-order chi connectivity index (χ1) is 13.1. The zero-order chi connectivity index (χ0) is 19.1. The summed E-state index contributed by atoms with van der Waals surface area (Å²) in [6.07, 6.45) is 4.57. The summed E-state index contributed by atoms with van der Waals surface area (Å²) in [4.78, 5) is 27.3. The summed E-state index contributed by atoms with van der Waals surface area (Å²) < 4.78 is 10.2. The molecule has 3 rings (SSSR count). The van der Waals surface area contributed by atoms with Gasteiger partial charge < -0.3 is 14.1 Å². The van der Waals surface area contributed by atoms with Gasteiger partial charge in [-0.1, -0.05) is 30.3 Å². The highest BCUT2D eigenvalue weighted by Crippen LogP contribution is 2.28. The summed E-state index contributed by atoms with van der Waals surface area (Å²) in [6, 6.07) is 17.5. The molecule has 5 nitrogen and oxygen atoms in total. The van der Waals surface area contributed by atoms with Gasteiger partial charge in [-0.05, 0) is 35.9 Å². The van der Waals surface area contributed by atoms with Crippen molar-refractivity contribution in [3.8, 4) is 10.4 Å². The van der Waals surface area contributed by atoms with E-state index in [9.17, 15) is 9.59 Å². The third-order valence-electron chi connectivity index (χ3n) is 3.81. The standard InChI is InChI=1S/C21H19NO4S/c1-22(14-17-8-5-13-25-17)20(23)15-26-21(24)12-10-18-9-11-19(27-18)16-6-3-2-4-7-16/h2-13H,14-15H2,1H3/b12-10+. The van der Waals surface area contributed by atoms with Gasteiger partial charge in [0.05, 0.1) is 12.8 Å². The van der Waals surface area contributed by atoms with Gasteiger partial charge >= 0.3 is 5.97 Å². The minimum absolute atomic E-state index is 0.296. The lowest BCUT2D eigenvalue weighted by Crippen LogP contribution is -2.30. The van der Waals surface area contributed by atoms with E-state index in [1.165, 1.54) is 11.0 Å². The first kappa shape index (κ1) is 18.7. The van der Waals surface area contributed by atoms with E-state index in [-0.39, 0.29) is 12.5 Å². The molecule has 0 spiro atoms. The van der Waals surface area contributed by atoms with Crippen LogP contribution in [0.1, 0.15) is 10.6 Å². The number of nitrogens with zero attached hydrogens (tertiary/aromatic N) is 1. The lowest BCUT2D eigenvalue weighted by molar-refractivity contribution is -0.147. The summed E-state index contributed by atoms with van der Waals surface area (Å²) in [5.74, 6) is -0.177. The summed E-state index contributed by atoms with van der Waals surface area (Å²) in [5.41, 5.74) is 1.13. The molecule has 0 bridgehead atoms. The average Bonchev–Trinajstić information content (AvgIpc) is 3.37. The predicted molar refractivity (Wildman–Crippen MR) is 105 cm³/mol. The van der Waals surface area contributed by atoms with Gasteiger partial charge in [0.2, 0.25) is 0 Å². The molecule has 2 aromatic heterocycles. The van der Waals surface area contributed by atoms with Crippen molar-refractivity contribution < 1.29 is 18.7 Å². The molecule has 0 radical (unpaired) electrons. The molecule has 0 atom stereocenters. The maximum atomic E-state index is 12.0. The molecule has 27 heavy (non-hydrogen) atoms. The lowest BCUT2D eigenvalue weighted by Gasteiger charge is -2.15. The number of thiophene rings is 1. The van der Waals surface area contributed by atoms with Crippen LogP contribution in [0.25, 0.3) is 16.5 Å². The Hall–Kier alpha value is -3.12. The topological polar surface area (TPSA) is 59.8 Å². The van der Waals surface area contributed by atoms with Gasteiger partial charge in [0, 0.05) is 22.9 Å². The smallest absolute Gasteiger partial charge is 0.331 e. The number of ether oxygens (including phenoxy) is 1. The number of amides is 1. The van der Waals surface area contributed by atoms with Gasteiger partial charge in [-0.2, -0.15) is 0 Å². The fraction of sp³-hybridized carbons (Fsp3) is 0.143. The van der Waals surface area contributed by atoms with Crippen molar-refractivity contribution in [3.05, 3.63) is 77.6 Å². The monoisotopic (exact) mass is 381 g/mol. The molecule has 6 heteroatoms. The Balaban J connectivity index is 1.47. The second kappa shape index (κ2) is 9.00.